The molecule has 0 fully saturated rings. The summed E-state index contributed by atoms with van der Waals surface area (Å²) < 4.78 is 0. The number of fused-ring (bicyclic) bond motifs is 1. The molecule has 5 nitrogen and oxygen atoms in total. The van der Waals surface area contributed by atoms with Crippen molar-refractivity contribution in [2.75, 3.05) is 0 Å². The number of amides is 1. The molecule has 0 saturated carbocycles. The molecule has 1 heterocycles. The van der Waals surface area contributed by atoms with Crippen LogP contribution in [0.3, 0.4) is 0 Å². The third kappa shape index (κ3) is 3.10. The molecule has 3 rings (SSSR count). The number of carbonyl (C=O) groups is 1. The van der Waals surface area contributed by atoms with E-state index in [9.17, 15) is 4.79 Å². The van der Waals surface area contributed by atoms with Gasteiger partial charge in [-0.05, 0) is 30.2 Å². The number of hydrogen-bond acceptors (Lipinski definition) is 3. The Morgan fingerprint density at radius 3 is 2.58 bits per heavy atom. The topological polar surface area (TPSA) is 91.9 Å². The first kappa shape index (κ1) is 15.7. The predicted molar refractivity (Wildman–Crippen MR) is 95.9 cm³/mol. The van der Waals surface area contributed by atoms with Crippen LogP contribution in [0, 0.1) is 5.41 Å². The largest absolute Gasteiger partial charge is 0.370 e. The van der Waals surface area contributed by atoms with E-state index >= 15 is 0 Å². The minimum Gasteiger partial charge on any atom is -0.370 e. The van der Waals surface area contributed by atoms with Crippen LogP contribution in [-0.4, -0.2) is 16.9 Å². The molecule has 0 bridgehead atoms. The summed E-state index contributed by atoms with van der Waals surface area (Å²) in [6, 6.07) is 17.3. The van der Waals surface area contributed by atoms with Gasteiger partial charge in [0.2, 0.25) is 0 Å². The van der Waals surface area contributed by atoms with Crippen molar-refractivity contribution < 1.29 is 4.79 Å². The van der Waals surface area contributed by atoms with E-state index in [2.05, 4.69) is 17.2 Å². The van der Waals surface area contributed by atoms with Gasteiger partial charge in [-0.15, -0.1) is 0 Å². The number of nitrogens with one attached hydrogen (secondary N) is 2. The summed E-state index contributed by atoms with van der Waals surface area (Å²) in [4.78, 5) is 17.2. The summed E-state index contributed by atoms with van der Waals surface area (Å²) in [5.74, 6) is -0.779. The van der Waals surface area contributed by atoms with E-state index < -0.39 is 5.91 Å². The van der Waals surface area contributed by atoms with Crippen molar-refractivity contribution in [1.29, 1.82) is 5.41 Å². The van der Waals surface area contributed by atoms with Gasteiger partial charge in [-0.2, -0.15) is 0 Å². The van der Waals surface area contributed by atoms with Gasteiger partial charge in [0, 0.05) is 10.9 Å². The standard InChI is InChI=1S/C19H18N4O/c1-2-12-8-9-16-14(10-12)15(18(24)23-19(20)21)11-17(22-16)13-6-4-3-5-7-13/h3-11H,2H2,1H3,(H4,20,21,23,24). The molecule has 120 valence electrons. The number of guanidine groups is 1. The van der Waals surface area contributed by atoms with Crippen molar-refractivity contribution in [2.24, 2.45) is 5.73 Å². The number of benzene rings is 2. The van der Waals surface area contributed by atoms with Crippen LogP contribution in [0.5, 0.6) is 0 Å². The third-order valence-electron chi connectivity index (χ3n) is 3.84. The van der Waals surface area contributed by atoms with E-state index in [0.29, 0.717) is 11.3 Å². The number of rotatable bonds is 3. The monoisotopic (exact) mass is 318 g/mol. The van der Waals surface area contributed by atoms with E-state index in [0.717, 1.165) is 28.5 Å². The lowest BCUT2D eigenvalue weighted by Crippen LogP contribution is -2.35. The van der Waals surface area contributed by atoms with Gasteiger partial charge in [-0.25, -0.2) is 4.98 Å². The van der Waals surface area contributed by atoms with Crippen molar-refractivity contribution in [2.45, 2.75) is 13.3 Å². The maximum absolute atomic E-state index is 12.5. The van der Waals surface area contributed by atoms with E-state index in [-0.39, 0.29) is 5.96 Å². The van der Waals surface area contributed by atoms with Gasteiger partial charge in [-0.1, -0.05) is 43.3 Å². The molecule has 0 aliphatic heterocycles. The quantitative estimate of drug-likeness (QED) is 0.512. The van der Waals surface area contributed by atoms with Gasteiger partial charge in [0.25, 0.3) is 5.91 Å². The van der Waals surface area contributed by atoms with Crippen molar-refractivity contribution in [1.82, 2.24) is 10.3 Å². The lowest BCUT2D eigenvalue weighted by atomic mass is 10.0. The first-order chi connectivity index (χ1) is 11.6. The fourth-order valence-corrected chi connectivity index (χ4v) is 2.63. The first-order valence-electron chi connectivity index (χ1n) is 7.73. The average molecular weight is 318 g/mol. The Balaban J connectivity index is 2.23. The summed E-state index contributed by atoms with van der Waals surface area (Å²) >= 11 is 0. The van der Waals surface area contributed by atoms with Crippen LogP contribution in [0.2, 0.25) is 0 Å². The zero-order valence-electron chi connectivity index (χ0n) is 13.3. The average Bonchev–Trinajstić information content (AvgIpc) is 2.60. The Bertz CT molecular complexity index is 919. The van der Waals surface area contributed by atoms with Gasteiger partial charge in [0.15, 0.2) is 5.96 Å². The molecule has 4 N–H and O–H groups in total. The molecule has 0 aliphatic carbocycles. The second kappa shape index (κ2) is 6.50. The molecule has 5 heteroatoms. The number of carbonyl (C=O) groups excluding carboxylic acids is 1. The number of nitrogens with two attached hydrogens (primary N) is 1. The van der Waals surface area contributed by atoms with E-state index in [4.69, 9.17) is 11.1 Å². The number of nitrogens with zero attached hydrogens (tertiary/aromatic N) is 1. The lowest BCUT2D eigenvalue weighted by Gasteiger charge is -2.11. The number of pyridine rings is 1. The Hall–Kier alpha value is -3.21. The predicted octanol–water partition coefficient (Wildman–Crippen LogP) is 3.09. The van der Waals surface area contributed by atoms with Crippen molar-refractivity contribution >= 4 is 22.8 Å². The molecular weight excluding hydrogens is 300 g/mol. The summed E-state index contributed by atoms with van der Waals surface area (Å²) in [6.45, 7) is 2.06. The third-order valence-corrected chi connectivity index (χ3v) is 3.84. The molecule has 24 heavy (non-hydrogen) atoms. The van der Waals surface area contributed by atoms with Crippen LogP contribution in [0.25, 0.3) is 22.2 Å². The van der Waals surface area contributed by atoms with Crippen molar-refractivity contribution in [3.63, 3.8) is 0 Å². The molecule has 1 amide bonds. The molecule has 0 spiro atoms. The van der Waals surface area contributed by atoms with Crippen LogP contribution < -0.4 is 11.1 Å². The van der Waals surface area contributed by atoms with Crippen LogP contribution in [0.1, 0.15) is 22.8 Å². The van der Waals surface area contributed by atoms with Crippen LogP contribution in [0.4, 0.5) is 0 Å². The lowest BCUT2D eigenvalue weighted by molar-refractivity contribution is 0.0978. The smallest absolute Gasteiger partial charge is 0.258 e. The highest BCUT2D eigenvalue weighted by Crippen LogP contribution is 2.26. The summed E-state index contributed by atoms with van der Waals surface area (Å²) in [6.07, 6.45) is 0.865. The molecule has 1 aromatic heterocycles. The number of hydrogen-bond donors (Lipinski definition) is 3. The highest BCUT2D eigenvalue weighted by molar-refractivity contribution is 6.12. The minimum atomic E-state index is -0.402. The summed E-state index contributed by atoms with van der Waals surface area (Å²) in [5, 5.41) is 10.4. The Labute approximate surface area is 140 Å². The highest BCUT2D eigenvalue weighted by Gasteiger charge is 2.15. The molecule has 2 aromatic carbocycles. The molecule has 0 saturated heterocycles. The number of aryl methyl sites for hydroxylation is 1. The molecule has 0 aliphatic rings. The molecular formula is C19H18N4O. The second-order valence-corrected chi connectivity index (χ2v) is 5.49. The SMILES string of the molecule is CCc1ccc2nc(-c3ccccc3)cc(C(=O)NC(=N)N)c2c1. The molecule has 0 unspecified atom stereocenters. The summed E-state index contributed by atoms with van der Waals surface area (Å²) in [5.41, 5.74) is 9.27. The van der Waals surface area contributed by atoms with E-state index in [1.54, 1.807) is 6.07 Å². The van der Waals surface area contributed by atoms with Gasteiger partial charge < -0.3 is 5.73 Å². The van der Waals surface area contributed by atoms with Crippen molar-refractivity contribution in [3.8, 4) is 11.3 Å². The van der Waals surface area contributed by atoms with Gasteiger partial charge in [0.1, 0.15) is 0 Å². The molecule has 0 radical (unpaired) electrons. The fraction of sp³-hybridized carbons (Fsp3) is 0.105. The Kier molecular flexibility index (Phi) is 4.24. The first-order valence-corrected chi connectivity index (χ1v) is 7.73. The Morgan fingerprint density at radius 2 is 1.92 bits per heavy atom. The Morgan fingerprint density at radius 1 is 1.17 bits per heavy atom. The zero-order valence-corrected chi connectivity index (χ0v) is 13.3. The zero-order chi connectivity index (χ0) is 17.1. The summed E-state index contributed by atoms with van der Waals surface area (Å²) in [7, 11) is 0. The van der Waals surface area contributed by atoms with Crippen LogP contribution in [-0.2, 0) is 6.42 Å². The fourth-order valence-electron chi connectivity index (χ4n) is 2.63. The van der Waals surface area contributed by atoms with Crippen molar-refractivity contribution in [3.05, 3.63) is 65.7 Å². The van der Waals surface area contributed by atoms with Gasteiger partial charge >= 0.3 is 0 Å². The second-order valence-electron chi connectivity index (χ2n) is 5.49. The number of aromatic nitrogens is 1. The minimum absolute atomic E-state index is 0.377. The van der Waals surface area contributed by atoms with E-state index in [1.807, 2.05) is 48.5 Å². The van der Waals surface area contributed by atoms with Gasteiger partial charge in [-0.3, -0.25) is 15.5 Å². The maximum Gasteiger partial charge on any atom is 0.258 e. The van der Waals surface area contributed by atoms with Crippen LogP contribution >= 0.6 is 0 Å². The van der Waals surface area contributed by atoms with Gasteiger partial charge in [0.05, 0.1) is 16.8 Å². The van der Waals surface area contributed by atoms with Crippen LogP contribution in [0.15, 0.2) is 54.6 Å². The molecule has 3 aromatic rings. The maximum atomic E-state index is 12.5. The molecule has 0 atom stereocenters. The van der Waals surface area contributed by atoms with E-state index in [1.165, 1.54) is 0 Å². The highest BCUT2D eigenvalue weighted by atomic mass is 16.1. The normalized spacial score (nSPS) is 10.5.